The second kappa shape index (κ2) is 4.48. The maximum Gasteiger partial charge on any atom is 0.410 e. The minimum absolute atomic E-state index is 0.186. The standard InChI is InChI=1S/C11H9F2NO3/c12-7-2-1-3-8(13)10(7)9(15)6-14-4-5-17-11(14)16/h1-3H,4-6H2. The lowest BCUT2D eigenvalue weighted by atomic mass is 10.1. The lowest BCUT2D eigenvalue weighted by Gasteiger charge is -2.11. The number of cyclic esters (lactones) is 1. The van der Waals surface area contributed by atoms with E-state index in [9.17, 15) is 18.4 Å². The van der Waals surface area contributed by atoms with E-state index in [0.29, 0.717) is 0 Å². The van der Waals surface area contributed by atoms with E-state index in [1.807, 2.05) is 0 Å². The van der Waals surface area contributed by atoms with E-state index in [2.05, 4.69) is 4.74 Å². The highest BCUT2D eigenvalue weighted by Crippen LogP contribution is 2.14. The Hall–Kier alpha value is -1.98. The fourth-order valence-electron chi connectivity index (χ4n) is 1.59. The molecule has 6 heteroatoms. The quantitative estimate of drug-likeness (QED) is 0.755. The molecule has 1 aliphatic rings. The molecule has 0 radical (unpaired) electrons. The van der Waals surface area contributed by atoms with Crippen LogP contribution >= 0.6 is 0 Å². The summed E-state index contributed by atoms with van der Waals surface area (Å²) in [6, 6.07) is 3.17. The van der Waals surface area contributed by atoms with Crippen LogP contribution in [-0.2, 0) is 4.74 Å². The van der Waals surface area contributed by atoms with Crippen LogP contribution in [0, 0.1) is 11.6 Å². The Kier molecular flexibility index (Phi) is 3.03. The van der Waals surface area contributed by atoms with Crippen LogP contribution in [0.3, 0.4) is 0 Å². The second-order valence-electron chi connectivity index (χ2n) is 3.56. The van der Waals surface area contributed by atoms with Gasteiger partial charge in [-0.05, 0) is 12.1 Å². The van der Waals surface area contributed by atoms with Crippen molar-refractivity contribution in [3.05, 3.63) is 35.4 Å². The van der Waals surface area contributed by atoms with Gasteiger partial charge in [0, 0.05) is 0 Å². The molecule has 1 heterocycles. The average Bonchev–Trinajstić information content (AvgIpc) is 2.64. The number of Topliss-reactive ketones (excluding diaryl/α,β-unsaturated/α-hetero) is 1. The fourth-order valence-corrected chi connectivity index (χ4v) is 1.59. The molecule has 1 aromatic rings. The van der Waals surface area contributed by atoms with Gasteiger partial charge >= 0.3 is 6.09 Å². The average molecular weight is 241 g/mol. The van der Waals surface area contributed by atoms with Crippen molar-refractivity contribution in [2.24, 2.45) is 0 Å². The molecule has 90 valence electrons. The Balaban J connectivity index is 2.17. The number of amides is 1. The molecule has 1 aromatic carbocycles. The van der Waals surface area contributed by atoms with Gasteiger partial charge in [-0.15, -0.1) is 0 Å². The zero-order valence-corrected chi connectivity index (χ0v) is 8.78. The fraction of sp³-hybridized carbons (Fsp3) is 0.273. The number of ether oxygens (including phenoxy) is 1. The summed E-state index contributed by atoms with van der Waals surface area (Å²) in [5.41, 5.74) is -0.618. The highest BCUT2D eigenvalue weighted by Gasteiger charge is 2.26. The monoisotopic (exact) mass is 241 g/mol. The third kappa shape index (κ3) is 2.25. The van der Waals surface area contributed by atoms with Gasteiger partial charge in [0.15, 0.2) is 5.78 Å². The number of benzene rings is 1. The van der Waals surface area contributed by atoms with Crippen molar-refractivity contribution in [3.8, 4) is 0 Å². The zero-order chi connectivity index (χ0) is 12.4. The van der Waals surface area contributed by atoms with Gasteiger partial charge < -0.3 is 4.74 Å². The highest BCUT2D eigenvalue weighted by atomic mass is 19.1. The van der Waals surface area contributed by atoms with Gasteiger partial charge in [-0.25, -0.2) is 13.6 Å². The number of nitrogens with zero attached hydrogens (tertiary/aromatic N) is 1. The van der Waals surface area contributed by atoms with Crippen LogP contribution in [0.2, 0.25) is 0 Å². The SMILES string of the molecule is O=C(CN1CCOC1=O)c1c(F)cccc1F. The van der Waals surface area contributed by atoms with E-state index in [4.69, 9.17) is 0 Å². The first-order valence-corrected chi connectivity index (χ1v) is 4.98. The van der Waals surface area contributed by atoms with Crippen LogP contribution in [0.25, 0.3) is 0 Å². The molecule has 1 fully saturated rings. The Labute approximate surface area is 95.8 Å². The minimum atomic E-state index is -0.928. The van der Waals surface area contributed by atoms with Gasteiger partial charge in [0.1, 0.15) is 18.2 Å². The Morgan fingerprint density at radius 2 is 2.00 bits per heavy atom. The molecule has 0 N–H and O–H groups in total. The van der Waals surface area contributed by atoms with E-state index < -0.39 is 29.1 Å². The zero-order valence-electron chi connectivity index (χ0n) is 8.78. The van der Waals surface area contributed by atoms with E-state index in [1.165, 1.54) is 6.07 Å². The first-order chi connectivity index (χ1) is 8.09. The number of rotatable bonds is 3. The molecule has 0 unspecified atom stereocenters. The molecule has 1 aliphatic heterocycles. The Bertz CT molecular complexity index is 456. The summed E-state index contributed by atoms with van der Waals surface area (Å²) < 4.78 is 31.2. The first-order valence-electron chi connectivity index (χ1n) is 4.98. The second-order valence-corrected chi connectivity index (χ2v) is 3.56. The predicted molar refractivity (Wildman–Crippen MR) is 53.6 cm³/mol. The number of hydrogen-bond acceptors (Lipinski definition) is 3. The summed E-state index contributed by atoms with van der Waals surface area (Å²) >= 11 is 0. The molecule has 0 saturated carbocycles. The maximum absolute atomic E-state index is 13.3. The van der Waals surface area contributed by atoms with E-state index in [1.54, 1.807) is 0 Å². The van der Waals surface area contributed by atoms with Crippen molar-refractivity contribution in [1.29, 1.82) is 0 Å². The van der Waals surface area contributed by atoms with Gasteiger partial charge in [0.2, 0.25) is 0 Å². The van der Waals surface area contributed by atoms with E-state index in [0.717, 1.165) is 17.0 Å². The van der Waals surface area contributed by atoms with Crippen LogP contribution in [0.15, 0.2) is 18.2 Å². The van der Waals surface area contributed by atoms with E-state index >= 15 is 0 Å². The number of halogens is 2. The van der Waals surface area contributed by atoms with Crippen LogP contribution in [-0.4, -0.2) is 36.5 Å². The number of carbonyl (C=O) groups excluding carboxylic acids is 2. The summed E-state index contributed by atoms with van der Waals surface area (Å²) in [6.07, 6.45) is -0.643. The molecule has 17 heavy (non-hydrogen) atoms. The van der Waals surface area contributed by atoms with Crippen molar-refractivity contribution in [2.75, 3.05) is 19.7 Å². The molecule has 1 amide bonds. The molecular weight excluding hydrogens is 232 g/mol. The first kappa shape index (κ1) is 11.5. The van der Waals surface area contributed by atoms with Crippen molar-refractivity contribution >= 4 is 11.9 Å². The molecule has 0 aliphatic carbocycles. The molecule has 0 atom stereocenters. The minimum Gasteiger partial charge on any atom is -0.448 e. The Morgan fingerprint density at radius 1 is 1.35 bits per heavy atom. The summed E-state index contributed by atoms with van der Waals surface area (Å²) in [6.45, 7) is 0.0587. The van der Waals surface area contributed by atoms with Gasteiger partial charge in [-0.2, -0.15) is 0 Å². The lowest BCUT2D eigenvalue weighted by Crippen LogP contribution is -2.31. The highest BCUT2D eigenvalue weighted by molar-refractivity contribution is 5.99. The summed E-state index contributed by atoms with van der Waals surface area (Å²) in [5, 5.41) is 0. The van der Waals surface area contributed by atoms with Gasteiger partial charge in [0.05, 0.1) is 18.7 Å². The molecule has 4 nitrogen and oxygen atoms in total. The number of hydrogen-bond donors (Lipinski definition) is 0. The van der Waals surface area contributed by atoms with Crippen molar-refractivity contribution < 1.29 is 23.1 Å². The van der Waals surface area contributed by atoms with Gasteiger partial charge in [0.25, 0.3) is 0 Å². The van der Waals surface area contributed by atoms with Crippen molar-refractivity contribution in [1.82, 2.24) is 4.90 Å². The summed E-state index contributed by atoms with van der Waals surface area (Å²) in [4.78, 5) is 23.8. The third-order valence-electron chi connectivity index (χ3n) is 2.42. The van der Waals surface area contributed by atoms with Crippen LogP contribution < -0.4 is 0 Å². The normalized spacial score (nSPS) is 14.9. The molecule has 2 rings (SSSR count). The van der Waals surface area contributed by atoms with Crippen LogP contribution in [0.1, 0.15) is 10.4 Å². The number of carbonyl (C=O) groups is 2. The molecule has 0 aromatic heterocycles. The largest absolute Gasteiger partial charge is 0.448 e. The van der Waals surface area contributed by atoms with Crippen molar-refractivity contribution in [2.45, 2.75) is 0 Å². The number of ketones is 1. The van der Waals surface area contributed by atoms with Crippen molar-refractivity contribution in [3.63, 3.8) is 0 Å². The topological polar surface area (TPSA) is 46.6 Å². The molecule has 1 saturated heterocycles. The molecule has 0 bridgehead atoms. The predicted octanol–water partition coefficient (Wildman–Crippen LogP) is 1.60. The molecule has 0 spiro atoms. The van der Waals surface area contributed by atoms with Gasteiger partial charge in [-0.3, -0.25) is 9.69 Å². The molecular formula is C11H9F2NO3. The maximum atomic E-state index is 13.3. The lowest BCUT2D eigenvalue weighted by molar-refractivity contribution is 0.0935. The van der Waals surface area contributed by atoms with Crippen LogP contribution in [0.4, 0.5) is 13.6 Å². The summed E-state index contributed by atoms with van der Waals surface area (Å²) in [5.74, 6) is -2.63. The van der Waals surface area contributed by atoms with Gasteiger partial charge in [-0.1, -0.05) is 6.07 Å². The van der Waals surface area contributed by atoms with E-state index in [-0.39, 0.29) is 19.7 Å². The Morgan fingerprint density at radius 3 is 2.53 bits per heavy atom. The smallest absolute Gasteiger partial charge is 0.410 e. The van der Waals surface area contributed by atoms with Crippen LogP contribution in [0.5, 0.6) is 0 Å². The third-order valence-corrected chi connectivity index (χ3v) is 2.42. The summed E-state index contributed by atoms with van der Waals surface area (Å²) in [7, 11) is 0.